The van der Waals surface area contributed by atoms with Crippen LogP contribution < -0.4 is 5.32 Å². The molecule has 0 spiro atoms. The van der Waals surface area contributed by atoms with Gasteiger partial charge in [0.2, 0.25) is 6.41 Å². The number of aromatic nitrogens is 3. The summed E-state index contributed by atoms with van der Waals surface area (Å²) in [6.07, 6.45) is 5.37. The largest absolute Gasteiger partial charge is 0.327 e. The molecule has 0 bridgehead atoms. The van der Waals surface area contributed by atoms with Gasteiger partial charge in [-0.3, -0.25) is 9.78 Å². The number of halogens is 1. The lowest BCUT2D eigenvalue weighted by atomic mass is 10.2. The number of pyridine rings is 1. The Balaban J connectivity index is 2.40. The van der Waals surface area contributed by atoms with Crippen LogP contribution in [-0.4, -0.2) is 21.4 Å². The normalized spacial score (nSPS) is 9.81. The smallest absolute Gasteiger partial charge is 0.211 e. The molecule has 1 amide bonds. The van der Waals surface area contributed by atoms with E-state index in [1.165, 1.54) is 6.33 Å². The van der Waals surface area contributed by atoms with Crippen LogP contribution in [0.5, 0.6) is 0 Å². The van der Waals surface area contributed by atoms with Crippen LogP contribution in [0.3, 0.4) is 0 Å². The molecule has 1 N–H and O–H groups in total. The summed E-state index contributed by atoms with van der Waals surface area (Å²) in [6.45, 7) is 0. The topological polar surface area (TPSA) is 67.8 Å². The number of nitrogens with zero attached hydrogens (tertiary/aromatic N) is 3. The molecule has 0 saturated heterocycles. The molecule has 0 radical (unpaired) electrons. The van der Waals surface area contributed by atoms with Crippen molar-refractivity contribution in [3.05, 3.63) is 34.6 Å². The molecule has 80 valence electrons. The predicted molar refractivity (Wildman–Crippen MR) is 67.7 cm³/mol. The highest BCUT2D eigenvalue weighted by Gasteiger charge is 2.02. The second-order valence-electron chi connectivity index (χ2n) is 2.95. The number of anilines is 1. The van der Waals surface area contributed by atoms with Gasteiger partial charge in [-0.15, -0.1) is 0 Å². The van der Waals surface area contributed by atoms with E-state index < -0.39 is 0 Å². The molecule has 6 heteroatoms. The first-order valence-corrected chi connectivity index (χ1v) is 5.50. The van der Waals surface area contributed by atoms with Crippen molar-refractivity contribution in [3.8, 4) is 11.3 Å². The van der Waals surface area contributed by atoms with E-state index in [1.54, 1.807) is 18.5 Å². The lowest BCUT2D eigenvalue weighted by Gasteiger charge is -2.02. The monoisotopic (exact) mass is 326 g/mol. The highest BCUT2D eigenvalue weighted by atomic mass is 127. The van der Waals surface area contributed by atoms with Gasteiger partial charge in [0, 0.05) is 11.8 Å². The Hall–Kier alpha value is -1.57. The summed E-state index contributed by atoms with van der Waals surface area (Å²) in [5.74, 6) is 0. The minimum atomic E-state index is 0.616. The summed E-state index contributed by atoms with van der Waals surface area (Å²) in [4.78, 5) is 22.5. The van der Waals surface area contributed by atoms with Crippen LogP contribution in [0.15, 0.2) is 30.9 Å². The van der Waals surface area contributed by atoms with E-state index in [0.29, 0.717) is 12.1 Å². The SMILES string of the molecule is O=CNc1cncc(-c2cc(I)ncn2)c1. The lowest BCUT2D eigenvalue weighted by Crippen LogP contribution is -1.95. The van der Waals surface area contributed by atoms with Crippen molar-refractivity contribution in [2.75, 3.05) is 5.32 Å². The maximum atomic E-state index is 10.3. The van der Waals surface area contributed by atoms with Gasteiger partial charge in [-0.2, -0.15) is 0 Å². The van der Waals surface area contributed by atoms with E-state index in [1.807, 2.05) is 6.07 Å². The number of hydrogen-bond acceptors (Lipinski definition) is 4. The lowest BCUT2D eigenvalue weighted by molar-refractivity contribution is -0.105. The predicted octanol–water partition coefficient (Wildman–Crippen LogP) is 1.71. The van der Waals surface area contributed by atoms with E-state index in [9.17, 15) is 4.79 Å². The first-order valence-electron chi connectivity index (χ1n) is 4.43. The molecule has 2 aromatic rings. The number of carbonyl (C=O) groups is 1. The van der Waals surface area contributed by atoms with Gasteiger partial charge in [-0.1, -0.05) is 0 Å². The molecular formula is C10H7IN4O. The third-order valence-electron chi connectivity index (χ3n) is 1.89. The molecule has 0 aliphatic heterocycles. The highest BCUT2D eigenvalue weighted by Crippen LogP contribution is 2.19. The Kier molecular flexibility index (Phi) is 3.40. The molecule has 0 aliphatic carbocycles. The van der Waals surface area contributed by atoms with Crippen LogP contribution >= 0.6 is 22.6 Å². The fraction of sp³-hybridized carbons (Fsp3) is 0. The fourth-order valence-electron chi connectivity index (χ4n) is 1.22. The maximum Gasteiger partial charge on any atom is 0.211 e. The molecule has 2 aromatic heterocycles. The van der Waals surface area contributed by atoms with Crippen molar-refractivity contribution >= 4 is 34.7 Å². The molecular weight excluding hydrogens is 319 g/mol. The first-order chi connectivity index (χ1) is 7.79. The number of amides is 1. The van der Waals surface area contributed by atoms with Gasteiger partial charge in [0.1, 0.15) is 10.0 Å². The Morgan fingerprint density at radius 2 is 2.12 bits per heavy atom. The quantitative estimate of drug-likeness (QED) is 0.530. The maximum absolute atomic E-state index is 10.3. The molecule has 0 saturated carbocycles. The zero-order valence-electron chi connectivity index (χ0n) is 8.09. The van der Waals surface area contributed by atoms with Crippen LogP contribution in [0.2, 0.25) is 0 Å². The summed E-state index contributed by atoms with van der Waals surface area (Å²) in [5, 5.41) is 2.54. The second-order valence-corrected chi connectivity index (χ2v) is 4.06. The summed E-state index contributed by atoms with van der Waals surface area (Å²) >= 11 is 2.11. The Morgan fingerprint density at radius 1 is 1.25 bits per heavy atom. The van der Waals surface area contributed by atoms with Gasteiger partial charge in [-0.25, -0.2) is 9.97 Å². The van der Waals surface area contributed by atoms with E-state index in [4.69, 9.17) is 0 Å². The van der Waals surface area contributed by atoms with E-state index in [-0.39, 0.29) is 0 Å². The average molecular weight is 326 g/mol. The zero-order chi connectivity index (χ0) is 11.4. The van der Waals surface area contributed by atoms with Gasteiger partial charge < -0.3 is 5.32 Å². The van der Waals surface area contributed by atoms with Gasteiger partial charge in [-0.05, 0) is 34.7 Å². The van der Waals surface area contributed by atoms with Gasteiger partial charge in [0.05, 0.1) is 17.6 Å². The standard InChI is InChI=1S/C10H7IN4O/c11-10-2-9(13-5-14-10)7-1-8(15-6-16)4-12-3-7/h1-6H,(H,15,16). The Morgan fingerprint density at radius 3 is 2.88 bits per heavy atom. The van der Waals surface area contributed by atoms with Crippen LogP contribution in [0.4, 0.5) is 5.69 Å². The van der Waals surface area contributed by atoms with E-state index in [2.05, 4.69) is 42.9 Å². The second kappa shape index (κ2) is 4.97. The Labute approximate surface area is 105 Å². The molecule has 2 rings (SSSR count). The van der Waals surface area contributed by atoms with Crippen molar-refractivity contribution in [1.82, 2.24) is 15.0 Å². The summed E-state index contributed by atoms with van der Waals surface area (Å²) in [7, 11) is 0. The molecule has 0 aliphatic rings. The molecule has 0 atom stereocenters. The molecule has 0 fully saturated rings. The summed E-state index contributed by atoms with van der Waals surface area (Å²) in [6, 6.07) is 3.65. The molecule has 0 unspecified atom stereocenters. The van der Waals surface area contributed by atoms with Crippen LogP contribution in [-0.2, 0) is 4.79 Å². The first kappa shape index (κ1) is 10.9. The minimum Gasteiger partial charge on any atom is -0.327 e. The molecule has 5 nitrogen and oxygen atoms in total. The van der Waals surface area contributed by atoms with Crippen molar-refractivity contribution in [1.29, 1.82) is 0 Å². The zero-order valence-corrected chi connectivity index (χ0v) is 10.2. The summed E-state index contributed by atoms with van der Waals surface area (Å²) in [5.41, 5.74) is 2.26. The number of hydrogen-bond donors (Lipinski definition) is 1. The van der Waals surface area contributed by atoms with Crippen molar-refractivity contribution in [2.24, 2.45) is 0 Å². The van der Waals surface area contributed by atoms with Crippen molar-refractivity contribution in [2.45, 2.75) is 0 Å². The van der Waals surface area contributed by atoms with E-state index in [0.717, 1.165) is 15.0 Å². The third-order valence-corrected chi connectivity index (χ3v) is 2.48. The van der Waals surface area contributed by atoms with Gasteiger partial charge in [0.15, 0.2) is 0 Å². The fourth-order valence-corrected chi connectivity index (χ4v) is 1.64. The number of carbonyl (C=O) groups excluding carboxylic acids is 1. The van der Waals surface area contributed by atoms with Gasteiger partial charge in [0.25, 0.3) is 0 Å². The number of rotatable bonds is 3. The summed E-state index contributed by atoms with van der Waals surface area (Å²) < 4.78 is 0.858. The molecule has 16 heavy (non-hydrogen) atoms. The average Bonchev–Trinajstić information content (AvgIpc) is 2.30. The van der Waals surface area contributed by atoms with Crippen molar-refractivity contribution < 1.29 is 4.79 Å². The molecule has 2 heterocycles. The van der Waals surface area contributed by atoms with Crippen LogP contribution in [0, 0.1) is 3.70 Å². The highest BCUT2D eigenvalue weighted by molar-refractivity contribution is 14.1. The minimum absolute atomic E-state index is 0.616. The van der Waals surface area contributed by atoms with Gasteiger partial charge >= 0.3 is 0 Å². The third kappa shape index (κ3) is 2.51. The van der Waals surface area contributed by atoms with Crippen LogP contribution in [0.25, 0.3) is 11.3 Å². The van der Waals surface area contributed by atoms with Crippen molar-refractivity contribution in [3.63, 3.8) is 0 Å². The number of nitrogens with one attached hydrogen (secondary N) is 1. The Bertz CT molecular complexity index is 518. The van der Waals surface area contributed by atoms with E-state index >= 15 is 0 Å². The molecule has 0 aromatic carbocycles. The van der Waals surface area contributed by atoms with Crippen LogP contribution in [0.1, 0.15) is 0 Å².